The first-order chi connectivity index (χ1) is 9.79. The maximum absolute atomic E-state index is 12.6. The molecule has 0 saturated carbocycles. The Kier molecular flexibility index (Phi) is 4.38. The van der Waals surface area contributed by atoms with E-state index in [9.17, 15) is 4.79 Å². The molecule has 0 atom stereocenters. The molecule has 2 nitrogen and oxygen atoms in total. The van der Waals surface area contributed by atoms with Crippen molar-refractivity contribution in [3.05, 3.63) is 64.7 Å². The van der Waals surface area contributed by atoms with Crippen LogP contribution in [0.25, 0.3) is 0 Å². The first kappa shape index (κ1) is 15.6. The van der Waals surface area contributed by atoms with E-state index in [-0.39, 0.29) is 11.3 Å². The van der Waals surface area contributed by atoms with E-state index in [2.05, 4.69) is 26.8 Å². The molecule has 1 amide bonds. The van der Waals surface area contributed by atoms with E-state index in [4.69, 9.17) is 11.6 Å². The predicted octanol–water partition coefficient (Wildman–Crippen LogP) is 4.91. The van der Waals surface area contributed by atoms with Gasteiger partial charge in [0.05, 0.1) is 0 Å². The largest absolute Gasteiger partial charge is 0.311 e. The fourth-order valence-corrected chi connectivity index (χ4v) is 2.22. The molecule has 2 aromatic carbocycles. The van der Waals surface area contributed by atoms with Crippen LogP contribution >= 0.6 is 11.6 Å². The van der Waals surface area contributed by atoms with Crippen molar-refractivity contribution in [3.63, 3.8) is 0 Å². The highest BCUT2D eigenvalue weighted by atomic mass is 35.5. The molecule has 2 rings (SSSR count). The Balaban J connectivity index is 2.29. The highest BCUT2D eigenvalue weighted by Crippen LogP contribution is 2.24. The fourth-order valence-electron chi connectivity index (χ4n) is 2.09. The van der Waals surface area contributed by atoms with Crippen molar-refractivity contribution in [1.29, 1.82) is 0 Å². The quantitative estimate of drug-likeness (QED) is 0.771. The zero-order chi connectivity index (χ0) is 15.6. The van der Waals surface area contributed by atoms with Gasteiger partial charge in [0.25, 0.3) is 5.91 Å². The van der Waals surface area contributed by atoms with Crippen LogP contribution in [-0.2, 0) is 5.41 Å². The van der Waals surface area contributed by atoms with Gasteiger partial charge in [0.2, 0.25) is 0 Å². The van der Waals surface area contributed by atoms with Crippen molar-refractivity contribution in [2.45, 2.75) is 26.2 Å². The highest BCUT2D eigenvalue weighted by molar-refractivity contribution is 6.30. The van der Waals surface area contributed by atoms with Gasteiger partial charge in [-0.05, 0) is 47.4 Å². The fraction of sp³-hybridized carbons (Fsp3) is 0.278. The molecule has 0 N–H and O–H groups in total. The lowest BCUT2D eigenvalue weighted by atomic mass is 9.86. The Morgan fingerprint density at radius 1 is 1.05 bits per heavy atom. The minimum Gasteiger partial charge on any atom is -0.311 e. The second-order valence-corrected chi connectivity index (χ2v) is 6.61. The summed E-state index contributed by atoms with van der Waals surface area (Å²) in [4.78, 5) is 14.2. The summed E-state index contributed by atoms with van der Waals surface area (Å²) in [7, 11) is 1.77. The van der Waals surface area contributed by atoms with E-state index in [1.54, 1.807) is 24.1 Å². The summed E-state index contributed by atoms with van der Waals surface area (Å²) in [6.45, 7) is 6.42. The molecule has 0 aliphatic carbocycles. The molecule has 0 saturated heterocycles. The SMILES string of the molecule is CN(C(=O)c1cccc(C(C)(C)C)c1)c1ccc(Cl)cc1. The Hall–Kier alpha value is -1.80. The molecule has 0 aliphatic heterocycles. The van der Waals surface area contributed by atoms with E-state index in [1.165, 1.54) is 0 Å². The van der Waals surface area contributed by atoms with Crippen LogP contribution in [0.3, 0.4) is 0 Å². The van der Waals surface area contributed by atoms with Crippen molar-refractivity contribution in [2.24, 2.45) is 0 Å². The van der Waals surface area contributed by atoms with Crippen LogP contribution in [0.5, 0.6) is 0 Å². The molecule has 0 heterocycles. The van der Waals surface area contributed by atoms with Crippen molar-refractivity contribution in [2.75, 3.05) is 11.9 Å². The summed E-state index contributed by atoms with van der Waals surface area (Å²) in [6.07, 6.45) is 0. The van der Waals surface area contributed by atoms with Gasteiger partial charge < -0.3 is 4.90 Å². The molecule has 3 heteroatoms. The second-order valence-electron chi connectivity index (χ2n) is 6.17. The number of benzene rings is 2. The molecule has 2 aromatic rings. The second kappa shape index (κ2) is 5.90. The predicted molar refractivity (Wildman–Crippen MR) is 89.3 cm³/mol. The molecular weight excluding hydrogens is 282 g/mol. The Bertz CT molecular complexity index is 641. The van der Waals surface area contributed by atoms with Crippen molar-refractivity contribution in [3.8, 4) is 0 Å². The zero-order valence-electron chi connectivity index (χ0n) is 12.9. The molecule has 110 valence electrons. The van der Waals surface area contributed by atoms with Crippen LogP contribution in [-0.4, -0.2) is 13.0 Å². The van der Waals surface area contributed by atoms with Gasteiger partial charge in [-0.15, -0.1) is 0 Å². The van der Waals surface area contributed by atoms with Crippen LogP contribution in [0, 0.1) is 0 Å². The smallest absolute Gasteiger partial charge is 0.258 e. The molecule has 0 unspecified atom stereocenters. The molecule has 0 fully saturated rings. The van der Waals surface area contributed by atoms with Crippen molar-refractivity contribution < 1.29 is 4.79 Å². The number of nitrogens with zero attached hydrogens (tertiary/aromatic N) is 1. The van der Waals surface area contributed by atoms with E-state index in [1.807, 2.05) is 30.3 Å². The lowest BCUT2D eigenvalue weighted by Crippen LogP contribution is -2.26. The van der Waals surface area contributed by atoms with E-state index in [0.29, 0.717) is 10.6 Å². The number of hydrogen-bond acceptors (Lipinski definition) is 1. The first-order valence-corrected chi connectivity index (χ1v) is 7.31. The number of carbonyl (C=O) groups excluding carboxylic acids is 1. The topological polar surface area (TPSA) is 20.3 Å². The number of halogens is 1. The summed E-state index contributed by atoms with van der Waals surface area (Å²) in [6, 6.07) is 15.1. The van der Waals surface area contributed by atoms with Crippen LogP contribution in [0.2, 0.25) is 5.02 Å². The molecule has 21 heavy (non-hydrogen) atoms. The van der Waals surface area contributed by atoms with E-state index in [0.717, 1.165) is 11.3 Å². The van der Waals surface area contributed by atoms with Crippen molar-refractivity contribution in [1.82, 2.24) is 0 Å². The van der Waals surface area contributed by atoms with Crippen LogP contribution in [0.1, 0.15) is 36.7 Å². The van der Waals surface area contributed by atoms with E-state index < -0.39 is 0 Å². The maximum Gasteiger partial charge on any atom is 0.258 e. The highest BCUT2D eigenvalue weighted by Gasteiger charge is 2.18. The zero-order valence-corrected chi connectivity index (χ0v) is 13.6. The molecule has 0 radical (unpaired) electrons. The summed E-state index contributed by atoms with van der Waals surface area (Å²) >= 11 is 5.88. The maximum atomic E-state index is 12.6. The minimum absolute atomic E-state index is 0.0230. The minimum atomic E-state index is -0.0246. The van der Waals surface area contributed by atoms with Gasteiger partial charge >= 0.3 is 0 Å². The Morgan fingerprint density at radius 3 is 2.24 bits per heavy atom. The number of amides is 1. The average molecular weight is 302 g/mol. The third kappa shape index (κ3) is 3.64. The van der Waals surface area contributed by atoms with Gasteiger partial charge in [0.1, 0.15) is 0 Å². The van der Waals surface area contributed by atoms with Crippen LogP contribution in [0.15, 0.2) is 48.5 Å². The Labute approximate surface area is 131 Å². The average Bonchev–Trinajstić information content (AvgIpc) is 2.46. The van der Waals surface area contributed by atoms with Gasteiger partial charge in [0.15, 0.2) is 0 Å². The summed E-state index contributed by atoms with van der Waals surface area (Å²) in [5, 5.41) is 0.661. The summed E-state index contributed by atoms with van der Waals surface area (Å²) in [5.41, 5.74) is 2.69. The lowest BCUT2D eigenvalue weighted by Gasteiger charge is -2.21. The summed E-state index contributed by atoms with van der Waals surface area (Å²) in [5.74, 6) is -0.0246. The first-order valence-electron chi connectivity index (χ1n) is 6.93. The molecule has 0 bridgehead atoms. The number of hydrogen-bond donors (Lipinski definition) is 0. The van der Waals surface area contributed by atoms with Gasteiger partial charge in [-0.25, -0.2) is 0 Å². The van der Waals surface area contributed by atoms with Gasteiger partial charge in [-0.2, -0.15) is 0 Å². The van der Waals surface area contributed by atoms with E-state index >= 15 is 0 Å². The molecule has 0 spiro atoms. The number of anilines is 1. The molecule has 0 aromatic heterocycles. The van der Waals surface area contributed by atoms with Gasteiger partial charge in [0, 0.05) is 23.3 Å². The normalized spacial score (nSPS) is 11.3. The van der Waals surface area contributed by atoms with Gasteiger partial charge in [-0.3, -0.25) is 4.79 Å². The molecular formula is C18H20ClNO. The standard InChI is InChI=1S/C18H20ClNO/c1-18(2,3)14-7-5-6-13(12-14)17(21)20(4)16-10-8-15(19)9-11-16/h5-12H,1-4H3. The van der Waals surface area contributed by atoms with Crippen LogP contribution in [0.4, 0.5) is 5.69 Å². The third-order valence-electron chi connectivity index (χ3n) is 3.49. The Morgan fingerprint density at radius 2 is 1.67 bits per heavy atom. The monoisotopic (exact) mass is 301 g/mol. The summed E-state index contributed by atoms with van der Waals surface area (Å²) < 4.78 is 0. The molecule has 0 aliphatic rings. The van der Waals surface area contributed by atoms with Crippen LogP contribution < -0.4 is 4.90 Å². The van der Waals surface area contributed by atoms with Crippen molar-refractivity contribution >= 4 is 23.2 Å². The van der Waals surface area contributed by atoms with Gasteiger partial charge in [-0.1, -0.05) is 44.5 Å². The third-order valence-corrected chi connectivity index (χ3v) is 3.75. The number of rotatable bonds is 2. The lowest BCUT2D eigenvalue weighted by molar-refractivity contribution is 0.0993. The number of carbonyl (C=O) groups is 1.